The average Bonchev–Trinajstić information content (AvgIpc) is 2.57. The van der Waals surface area contributed by atoms with Gasteiger partial charge in [0, 0.05) is 0 Å². The molecule has 1 saturated heterocycles. The Kier molecular flexibility index (Phi) is 9.02. The molecule has 0 radical (unpaired) electrons. The van der Waals surface area contributed by atoms with Gasteiger partial charge in [0.1, 0.15) is 20.3 Å². The van der Waals surface area contributed by atoms with Crippen LogP contribution in [0, 0.1) is 29.7 Å². The zero-order chi connectivity index (χ0) is 21.9. The number of hydrogen-bond acceptors (Lipinski definition) is 4. The van der Waals surface area contributed by atoms with Crippen LogP contribution in [0.15, 0.2) is 0 Å². The van der Waals surface area contributed by atoms with E-state index in [-0.39, 0.29) is 6.61 Å². The molecule has 1 heterocycles. The maximum Gasteiger partial charge on any atom is 0.200 e. The molecule has 5 atom stereocenters. The van der Waals surface area contributed by atoms with E-state index in [0.717, 1.165) is 0 Å². The van der Waals surface area contributed by atoms with Crippen molar-refractivity contribution >= 4 is 16.4 Å². The van der Waals surface area contributed by atoms with Crippen molar-refractivity contribution in [2.45, 2.75) is 102 Å². The molecule has 0 spiro atoms. The Balaban J connectivity index is 3.49. The van der Waals surface area contributed by atoms with E-state index in [1.165, 1.54) is 0 Å². The highest BCUT2D eigenvalue weighted by Crippen LogP contribution is 2.45. The van der Waals surface area contributed by atoms with Crippen LogP contribution in [0.25, 0.3) is 0 Å². The van der Waals surface area contributed by atoms with Crippen LogP contribution < -0.4 is 0 Å². The molecule has 4 nitrogen and oxygen atoms in total. The Bertz CT molecular complexity index is 585. The minimum absolute atomic E-state index is 0.199. The van der Waals surface area contributed by atoms with Gasteiger partial charge in [-0.05, 0) is 16.6 Å². The first-order chi connectivity index (χ1) is 12.8. The second-order valence-electron chi connectivity index (χ2n) is 9.88. The van der Waals surface area contributed by atoms with E-state index < -0.39 is 46.7 Å². The highest BCUT2D eigenvalue weighted by atomic mass is 28.4. The summed E-state index contributed by atoms with van der Waals surface area (Å²) < 4.78 is 12.7. The third-order valence-corrected chi connectivity index (χ3v) is 12.7. The van der Waals surface area contributed by atoms with Gasteiger partial charge in [0.2, 0.25) is 8.32 Å². The van der Waals surface area contributed by atoms with Gasteiger partial charge >= 0.3 is 0 Å². The maximum absolute atomic E-state index is 11.0. The first kappa shape index (κ1) is 25.4. The number of ether oxygens (including phenoxy) is 1. The van der Waals surface area contributed by atoms with Gasteiger partial charge in [-0.3, -0.25) is 0 Å². The molecule has 1 aliphatic rings. The lowest BCUT2D eigenvalue weighted by molar-refractivity contribution is -0.173. The summed E-state index contributed by atoms with van der Waals surface area (Å²) >= 11 is 0. The fourth-order valence-electron chi connectivity index (χ4n) is 4.51. The Morgan fingerprint density at radius 1 is 1.04 bits per heavy atom. The van der Waals surface area contributed by atoms with Crippen LogP contribution in [-0.4, -0.2) is 57.6 Å². The molecule has 0 unspecified atom stereocenters. The maximum atomic E-state index is 11.0. The van der Waals surface area contributed by atoms with E-state index in [1.807, 2.05) is 0 Å². The van der Waals surface area contributed by atoms with Crippen LogP contribution in [0.1, 0.15) is 41.5 Å². The van der Waals surface area contributed by atoms with Gasteiger partial charge in [-0.25, -0.2) is 0 Å². The lowest BCUT2D eigenvalue weighted by Crippen LogP contribution is -2.61. The number of hydrogen-bond donors (Lipinski definition) is 2. The molecule has 0 aromatic rings. The number of rotatable bonds is 6. The summed E-state index contributed by atoms with van der Waals surface area (Å²) in [4.78, 5) is 0. The Morgan fingerprint density at radius 2 is 1.54 bits per heavy atom. The minimum atomic E-state index is -2.28. The molecule has 6 heteroatoms. The van der Waals surface area contributed by atoms with Gasteiger partial charge < -0.3 is 19.4 Å². The Labute approximate surface area is 174 Å². The van der Waals surface area contributed by atoms with Gasteiger partial charge in [0.15, 0.2) is 0 Å². The molecule has 1 aliphatic heterocycles. The van der Waals surface area contributed by atoms with Crippen molar-refractivity contribution in [2.75, 3.05) is 6.61 Å². The topological polar surface area (TPSA) is 58.9 Å². The first-order valence-electron chi connectivity index (χ1n) is 10.4. The van der Waals surface area contributed by atoms with Gasteiger partial charge in [-0.15, -0.1) is 17.9 Å². The monoisotopic (exact) mass is 424 g/mol. The molecular weight excluding hydrogens is 384 g/mol. The predicted molar refractivity (Wildman–Crippen MR) is 121 cm³/mol. The molecule has 0 saturated carbocycles. The summed E-state index contributed by atoms with van der Waals surface area (Å²) in [6, 6.07) is 0. The zero-order valence-corrected chi connectivity index (χ0v) is 21.1. The molecule has 1 rings (SSSR count). The average molecular weight is 425 g/mol. The van der Waals surface area contributed by atoms with Crippen molar-refractivity contribution in [1.29, 1.82) is 0 Å². The second kappa shape index (κ2) is 9.93. The predicted octanol–water partition coefficient (Wildman–Crippen LogP) is 3.80. The van der Waals surface area contributed by atoms with Gasteiger partial charge in [-0.2, -0.15) is 0 Å². The third kappa shape index (κ3) is 5.50. The van der Waals surface area contributed by atoms with Crippen LogP contribution in [0.4, 0.5) is 0 Å². The van der Waals surface area contributed by atoms with Crippen LogP contribution in [0.5, 0.6) is 0 Å². The number of aliphatic hydroxyl groups is 2. The lowest BCUT2D eigenvalue weighted by Gasteiger charge is -2.49. The highest BCUT2D eigenvalue weighted by Gasteiger charge is 2.52. The normalized spacial score (nSPS) is 29.0. The molecule has 2 N–H and O–H groups in total. The summed E-state index contributed by atoms with van der Waals surface area (Å²) in [5.74, 6) is 5.45. The van der Waals surface area contributed by atoms with Crippen LogP contribution in [0.2, 0.25) is 36.3 Å². The summed E-state index contributed by atoms with van der Waals surface area (Å²) in [7, 11) is -3.93. The smallest absolute Gasteiger partial charge is 0.200 e. The summed E-state index contributed by atoms with van der Waals surface area (Å²) in [5.41, 5.74) is 4.48. The van der Waals surface area contributed by atoms with Gasteiger partial charge in [0.05, 0.1) is 24.7 Å². The van der Waals surface area contributed by atoms with Crippen molar-refractivity contribution in [3.05, 3.63) is 0 Å². The van der Waals surface area contributed by atoms with E-state index in [2.05, 4.69) is 78.6 Å². The van der Waals surface area contributed by atoms with Crippen LogP contribution >= 0.6 is 0 Å². The minimum Gasteiger partial charge on any atom is -0.409 e. The van der Waals surface area contributed by atoms with E-state index in [1.54, 1.807) is 0 Å². The van der Waals surface area contributed by atoms with Crippen molar-refractivity contribution in [1.82, 2.24) is 0 Å². The zero-order valence-electron chi connectivity index (χ0n) is 19.1. The fraction of sp³-hybridized carbons (Fsp3) is 0.818. The third-order valence-electron chi connectivity index (χ3n) is 5.73. The standard InChI is InChI=1S/C22H40O4Si2/c1-11-19-21(24)22(26-28(15(2)3,16(4)5)17(6)7)18(20(14-23)25-19)12-13-27(8,9)10/h1,15-24H,14H2,2-10H3/t18-,19+,20-,21+,22+/m1/s1. The molecule has 160 valence electrons. The highest BCUT2D eigenvalue weighted by molar-refractivity contribution is 6.83. The summed E-state index contributed by atoms with van der Waals surface area (Å²) in [6.07, 6.45) is 2.73. The first-order valence-corrected chi connectivity index (χ1v) is 16.1. The van der Waals surface area contributed by atoms with Crippen molar-refractivity contribution in [3.8, 4) is 23.8 Å². The van der Waals surface area contributed by atoms with Crippen molar-refractivity contribution in [3.63, 3.8) is 0 Å². The fourth-order valence-corrected chi connectivity index (χ4v) is 10.7. The number of aliphatic hydroxyl groups excluding tert-OH is 2. The molecule has 0 aromatic heterocycles. The molecular formula is C22H40O4Si2. The van der Waals surface area contributed by atoms with Gasteiger partial charge in [-0.1, -0.05) is 67.1 Å². The van der Waals surface area contributed by atoms with E-state index in [4.69, 9.17) is 15.6 Å². The SMILES string of the molecule is C#C[C@@H]1O[C@H](CO)[C@@H](C#C[Si](C)(C)C)[C@H](O[Si](C(C)C)(C(C)C)C(C)C)[C@H]1O. The van der Waals surface area contributed by atoms with E-state index in [9.17, 15) is 10.2 Å². The Hall–Kier alpha value is -0.606. The quantitative estimate of drug-likeness (QED) is 0.503. The summed E-state index contributed by atoms with van der Waals surface area (Å²) in [5, 5.41) is 21.0. The van der Waals surface area contributed by atoms with Crippen molar-refractivity contribution in [2.24, 2.45) is 5.92 Å². The molecule has 1 fully saturated rings. The van der Waals surface area contributed by atoms with Crippen LogP contribution in [0.3, 0.4) is 0 Å². The molecule has 28 heavy (non-hydrogen) atoms. The molecule has 0 aliphatic carbocycles. The second-order valence-corrected chi connectivity index (χ2v) is 20.0. The van der Waals surface area contributed by atoms with Crippen molar-refractivity contribution < 1.29 is 19.4 Å². The number of terminal acetylenes is 1. The summed E-state index contributed by atoms with van der Waals surface area (Å²) in [6.45, 7) is 19.6. The molecule has 0 amide bonds. The van der Waals surface area contributed by atoms with E-state index >= 15 is 0 Å². The lowest BCUT2D eigenvalue weighted by atomic mass is 9.87. The molecule has 0 aromatic carbocycles. The largest absolute Gasteiger partial charge is 0.409 e. The molecule has 0 bridgehead atoms. The van der Waals surface area contributed by atoms with Crippen LogP contribution in [-0.2, 0) is 9.16 Å². The van der Waals surface area contributed by atoms with E-state index in [0.29, 0.717) is 16.6 Å². The van der Waals surface area contributed by atoms with Gasteiger partial charge in [0.25, 0.3) is 0 Å². The Morgan fingerprint density at radius 3 is 1.89 bits per heavy atom.